The second-order valence-electron chi connectivity index (χ2n) is 17.2. The van der Waals surface area contributed by atoms with Crippen molar-refractivity contribution in [3.05, 3.63) is 107 Å². The normalized spacial score (nSPS) is 19.2. The molecule has 18 nitrogen and oxygen atoms in total. The van der Waals surface area contributed by atoms with E-state index in [0.29, 0.717) is 46.4 Å². The lowest BCUT2D eigenvalue weighted by Gasteiger charge is -2.27. The first-order valence-corrected chi connectivity index (χ1v) is 21.1. The van der Waals surface area contributed by atoms with E-state index in [1.807, 2.05) is 66.7 Å². The second-order valence-corrected chi connectivity index (χ2v) is 17.2. The molecule has 2 fully saturated rings. The van der Waals surface area contributed by atoms with Gasteiger partial charge in [0.1, 0.15) is 11.6 Å². The molecule has 67 heavy (non-hydrogen) atoms. The first-order valence-electron chi connectivity index (χ1n) is 21.1. The average Bonchev–Trinajstić information content (AvgIpc) is 4.03. The molecule has 4 atom stereocenters. The predicted octanol–water partition coefficient (Wildman–Crippen LogP) is 5.85. The van der Waals surface area contributed by atoms with Crippen LogP contribution in [0.1, 0.15) is 72.9 Å². The van der Waals surface area contributed by atoms with Gasteiger partial charge in [0.2, 0.25) is 11.8 Å². The molecule has 19 heteroatoms. The van der Waals surface area contributed by atoms with Crippen LogP contribution < -0.4 is 26.8 Å². The zero-order chi connectivity index (χ0) is 45.6. The molecule has 4 aromatic carbocycles. The largest absolute Gasteiger partial charge is 0.444 e. The van der Waals surface area contributed by atoms with E-state index in [2.05, 4.69) is 47.0 Å². The highest BCUT2D eigenvalue weighted by atomic mass is 35.5. The molecule has 4 aliphatic rings. The van der Waals surface area contributed by atoms with Gasteiger partial charge in [-0.2, -0.15) is 10.2 Å². The smallest absolute Gasteiger partial charge is 0.411 e. The number of hydrazone groups is 2. The summed E-state index contributed by atoms with van der Waals surface area (Å²) < 4.78 is 5.41. The summed E-state index contributed by atoms with van der Waals surface area (Å²) in [7, 11) is 0. The molecular weight excluding hydrogens is 880 g/mol. The van der Waals surface area contributed by atoms with Crippen molar-refractivity contribution in [2.75, 3.05) is 23.7 Å². The number of benzene rings is 4. The van der Waals surface area contributed by atoms with Crippen molar-refractivity contribution in [3.8, 4) is 22.5 Å². The molecule has 0 radical (unpaired) electrons. The van der Waals surface area contributed by atoms with Gasteiger partial charge >= 0.3 is 6.09 Å². The maximum Gasteiger partial charge on any atom is 0.411 e. The maximum absolute atomic E-state index is 13.2. The molecule has 4 aliphatic heterocycles. The number of H-pyrrole nitrogens is 2. The number of aliphatic hydroxyl groups excluding tert-OH is 2. The van der Waals surface area contributed by atoms with E-state index in [0.717, 1.165) is 44.5 Å². The van der Waals surface area contributed by atoms with Crippen LogP contribution in [0.5, 0.6) is 0 Å². The molecule has 348 valence electrons. The number of amides is 5. The third-order valence-corrected chi connectivity index (χ3v) is 11.4. The molecule has 0 unspecified atom stereocenters. The van der Waals surface area contributed by atoms with Gasteiger partial charge < -0.3 is 40.9 Å². The number of aromatic amines is 2. The molecule has 0 spiro atoms. The van der Waals surface area contributed by atoms with Crippen LogP contribution in [0, 0.1) is 0 Å². The van der Waals surface area contributed by atoms with Crippen molar-refractivity contribution in [3.63, 3.8) is 0 Å². The molecule has 6 aromatic rings. The Bertz CT molecular complexity index is 2940. The number of ether oxygens (including phenoxy) is 1. The molecule has 0 aliphatic carbocycles. The number of likely N-dealkylation sites (tertiary alicyclic amines) is 1. The van der Waals surface area contributed by atoms with E-state index >= 15 is 0 Å². The first-order chi connectivity index (χ1) is 31.2. The van der Waals surface area contributed by atoms with Crippen LogP contribution >= 0.6 is 12.4 Å². The summed E-state index contributed by atoms with van der Waals surface area (Å²) >= 11 is 0. The van der Waals surface area contributed by atoms with E-state index in [1.165, 1.54) is 4.90 Å². The lowest BCUT2D eigenvalue weighted by molar-refractivity contribution is -0.120. The third kappa shape index (κ3) is 9.78. The second kappa shape index (κ2) is 19.2. The van der Waals surface area contributed by atoms with Crippen molar-refractivity contribution in [1.29, 1.82) is 0 Å². The zero-order valence-electron chi connectivity index (χ0n) is 36.0. The number of hydrogen-bond acceptors (Lipinski definition) is 11. The Morgan fingerprint density at radius 1 is 0.716 bits per heavy atom. The summed E-state index contributed by atoms with van der Waals surface area (Å²) in [6.45, 7) is 5.59. The average molecular weight is 931 g/mol. The van der Waals surface area contributed by atoms with Crippen molar-refractivity contribution in [1.82, 2.24) is 31.0 Å². The topological polar surface area (TPSA) is 255 Å². The fraction of sp³-hybridized carbons (Fsp3) is 0.271. The lowest BCUT2D eigenvalue weighted by Crippen LogP contribution is -2.45. The number of rotatable bonds is 6. The molecule has 9 N–H and O–H groups in total. The first kappa shape index (κ1) is 47.6. The number of nitrogens with one attached hydrogen (secondary N) is 7. The summed E-state index contributed by atoms with van der Waals surface area (Å²) in [4.78, 5) is 71.8. The maximum atomic E-state index is 13.2. The monoisotopic (exact) mass is 930 g/mol. The molecule has 2 saturated heterocycles. The Labute approximate surface area is 391 Å². The number of hydrogen-bond donors (Lipinski definition) is 9. The molecular formula is C48H51ClN10O8. The van der Waals surface area contributed by atoms with E-state index < -0.39 is 47.8 Å². The number of carbonyl (C=O) groups is 5. The van der Waals surface area contributed by atoms with Gasteiger partial charge in [0.05, 0.1) is 59.7 Å². The number of carbonyl (C=O) groups excluding carboxylic acids is 5. The highest BCUT2D eigenvalue weighted by Crippen LogP contribution is 2.36. The summed E-state index contributed by atoms with van der Waals surface area (Å²) in [5.74, 6) is -1.47. The van der Waals surface area contributed by atoms with Crippen LogP contribution in [0.15, 0.2) is 95.1 Å². The van der Waals surface area contributed by atoms with E-state index in [4.69, 9.17) is 4.74 Å². The van der Waals surface area contributed by atoms with Crippen LogP contribution in [0.3, 0.4) is 0 Å². The minimum absolute atomic E-state index is 0. The van der Waals surface area contributed by atoms with Crippen LogP contribution in [-0.4, -0.2) is 110 Å². The minimum Gasteiger partial charge on any atom is -0.444 e. The highest BCUT2D eigenvalue weighted by molar-refractivity contribution is 6.19. The third-order valence-electron chi connectivity index (χ3n) is 11.4. The van der Waals surface area contributed by atoms with Gasteiger partial charge in [0.25, 0.3) is 11.8 Å². The van der Waals surface area contributed by atoms with Gasteiger partial charge in [-0.3, -0.25) is 24.1 Å². The van der Waals surface area contributed by atoms with Crippen LogP contribution in [0.25, 0.3) is 44.3 Å². The Hall–Kier alpha value is -7.38. The van der Waals surface area contributed by atoms with E-state index in [9.17, 15) is 34.2 Å². The van der Waals surface area contributed by atoms with Gasteiger partial charge in [-0.25, -0.2) is 15.6 Å². The number of halogens is 1. The Morgan fingerprint density at radius 2 is 1.21 bits per heavy atom. The Balaban J connectivity index is 0.000000197. The molecule has 6 heterocycles. The van der Waals surface area contributed by atoms with Gasteiger partial charge in [-0.05, 0) is 62.6 Å². The minimum atomic E-state index is -0.916. The lowest BCUT2D eigenvalue weighted by atomic mass is 10.0. The fourth-order valence-corrected chi connectivity index (χ4v) is 8.53. The van der Waals surface area contributed by atoms with Crippen LogP contribution in [0.4, 0.5) is 16.2 Å². The summed E-state index contributed by atoms with van der Waals surface area (Å²) in [6, 6.07) is 24.9. The van der Waals surface area contributed by atoms with Crippen LogP contribution in [-0.2, 0) is 14.3 Å². The summed E-state index contributed by atoms with van der Waals surface area (Å²) in [5.41, 5.74) is 12.4. The molecule has 0 bridgehead atoms. The Morgan fingerprint density at radius 3 is 1.67 bits per heavy atom. The Kier molecular flexibility index (Phi) is 13.7. The number of β-amino-alcohol motifs (C(OH)–C–C–N with tert-alkyl or cyclic N) is 2. The quantitative estimate of drug-likeness (QED) is 0.0970. The van der Waals surface area contributed by atoms with Crippen molar-refractivity contribution >= 4 is 87.7 Å². The fourth-order valence-electron chi connectivity index (χ4n) is 8.53. The summed E-state index contributed by atoms with van der Waals surface area (Å²) in [6.07, 6.45) is 1.64. The number of aliphatic hydroxyl groups is 2. The zero-order valence-corrected chi connectivity index (χ0v) is 36.8. The van der Waals surface area contributed by atoms with Crippen molar-refractivity contribution < 1.29 is 38.9 Å². The van der Waals surface area contributed by atoms with E-state index in [-0.39, 0.29) is 44.6 Å². The standard InChI is InChI=1S/C26H27N5O5.C21H19N5O3.CH4.ClH/c1-26(2,3)36-25(35)31-13-16(32)11-20(31)24(34)28-15-9-17-21-18(12-27-30-23(17)33)22(29-19(21)10-15)14-7-5-4-6-8-14;27-13-8-17(22-9-13)21(29)24-12-6-14-18-15(10-23-26-20(14)28)19(25-16(18)7-12)11-4-2-1-3-5-11;;/h4-10,12,16,20,29,32H,11,13H2,1-3H3,(H,28,34)(H,30,33);1-7,10,13,17,22,25,27H,8-9H2,(H,24,29)(H,26,28);1H4;1H/t16-,20+;13-,17+;;/m11../s1. The number of aromatic nitrogens is 2. The molecule has 5 amide bonds. The van der Waals surface area contributed by atoms with Crippen LogP contribution in [0.2, 0.25) is 0 Å². The molecule has 2 aromatic heterocycles. The summed E-state index contributed by atoms with van der Waals surface area (Å²) in [5, 5.41) is 38.0. The SMILES string of the molecule is C.CC(C)(C)OC(=O)N1C[C@H](O)C[C@H]1C(=O)Nc1cc2c3c(c(-c4ccccc4)[nH]c3c1)C=NNC2=O.Cl.O=C1NN=Cc2c(-c3ccccc3)[nH]c3cc(NC(=O)[C@@H]4C[C@@H](O)CN4)cc1c23. The predicted molar refractivity (Wildman–Crippen MR) is 259 cm³/mol. The van der Waals surface area contributed by atoms with Gasteiger partial charge in [0, 0.05) is 57.3 Å². The number of anilines is 2. The number of nitrogens with zero attached hydrogens (tertiary/aromatic N) is 3. The van der Waals surface area contributed by atoms with Crippen molar-refractivity contribution in [2.24, 2.45) is 10.2 Å². The van der Waals surface area contributed by atoms with Gasteiger partial charge in [-0.1, -0.05) is 68.1 Å². The van der Waals surface area contributed by atoms with Gasteiger partial charge in [0.15, 0.2) is 0 Å². The molecule has 10 rings (SSSR count). The van der Waals surface area contributed by atoms with Gasteiger partial charge in [-0.15, -0.1) is 12.4 Å². The van der Waals surface area contributed by atoms with Crippen molar-refractivity contribution in [2.45, 2.75) is 70.9 Å². The van der Waals surface area contributed by atoms with E-state index in [1.54, 1.807) is 51.4 Å². The molecule has 0 saturated carbocycles. The highest BCUT2D eigenvalue weighted by Gasteiger charge is 2.41.